The fourth-order valence-electron chi connectivity index (χ4n) is 4.59. The van der Waals surface area contributed by atoms with Crippen molar-refractivity contribution in [1.29, 1.82) is 0 Å². The molecular weight excluding hydrogens is 527 g/mol. The maximum Gasteiger partial charge on any atom is 0.225 e. The molecule has 4 rings (SSSR count). The first-order valence-electron chi connectivity index (χ1n) is 11.8. The minimum Gasteiger partial charge on any atom is -0.373 e. The molecule has 1 aliphatic carbocycles. The number of hydrogen-bond acceptors (Lipinski definition) is 3. The molecule has 2 aromatic carbocycles. The Morgan fingerprint density at radius 1 is 1.12 bits per heavy atom. The third kappa shape index (κ3) is 6.93. The Morgan fingerprint density at radius 2 is 1.91 bits per heavy atom. The maximum absolute atomic E-state index is 12.1. The largest absolute Gasteiger partial charge is 0.373 e. The lowest BCUT2D eigenvalue weighted by atomic mass is 9.89. The van der Waals surface area contributed by atoms with E-state index in [2.05, 4.69) is 53.2 Å². The third-order valence-electron chi connectivity index (χ3n) is 6.17. The van der Waals surface area contributed by atoms with Gasteiger partial charge in [-0.15, -0.1) is 24.0 Å². The lowest BCUT2D eigenvalue weighted by Crippen LogP contribution is -2.38. The summed E-state index contributed by atoms with van der Waals surface area (Å²) < 4.78 is 6.21. The van der Waals surface area contributed by atoms with Crippen LogP contribution >= 0.6 is 24.0 Å². The zero-order valence-electron chi connectivity index (χ0n) is 19.3. The second-order valence-corrected chi connectivity index (χ2v) is 8.49. The molecule has 0 aromatic heterocycles. The molecule has 2 atom stereocenters. The van der Waals surface area contributed by atoms with Crippen LogP contribution in [-0.4, -0.2) is 38.1 Å². The first-order chi connectivity index (χ1) is 15.7. The number of benzene rings is 2. The van der Waals surface area contributed by atoms with E-state index in [1.54, 1.807) is 0 Å². The van der Waals surface area contributed by atoms with E-state index in [0.29, 0.717) is 13.0 Å². The highest BCUT2D eigenvalue weighted by atomic mass is 127. The summed E-state index contributed by atoms with van der Waals surface area (Å²) >= 11 is 0. The van der Waals surface area contributed by atoms with E-state index in [4.69, 9.17) is 9.73 Å². The van der Waals surface area contributed by atoms with Gasteiger partial charge < -0.3 is 20.7 Å². The van der Waals surface area contributed by atoms with Crippen molar-refractivity contribution in [2.45, 2.75) is 51.0 Å². The fraction of sp³-hybridized carbons (Fsp3) is 0.462. The Kier molecular flexibility index (Phi) is 9.99. The molecule has 1 amide bonds. The standard InChI is InChI=1S/C26H34N4O2.HI/c1-2-27-26(29-18-20-17-25(31)30-23-13-6-5-11-21(20)23)28-15-8-16-32-24-14-7-10-19-9-3-4-12-22(19)24;/h3-6,9,11-13,20,24H,2,7-8,10,14-18H2,1H3,(H,30,31)(H2,27,28,29);1H. The average molecular weight is 562 g/mol. The molecule has 33 heavy (non-hydrogen) atoms. The number of hydrogen-bond donors (Lipinski definition) is 3. The van der Waals surface area contributed by atoms with Gasteiger partial charge in [0.1, 0.15) is 0 Å². The highest BCUT2D eigenvalue weighted by molar-refractivity contribution is 14.0. The van der Waals surface area contributed by atoms with E-state index in [1.165, 1.54) is 17.5 Å². The number of halogens is 1. The Balaban J connectivity index is 0.00000306. The lowest BCUT2D eigenvalue weighted by molar-refractivity contribution is -0.116. The number of aliphatic imine (C=N–C) groups is 1. The van der Waals surface area contributed by atoms with Crippen LogP contribution in [0.15, 0.2) is 53.5 Å². The number of guanidine groups is 1. The lowest BCUT2D eigenvalue weighted by Gasteiger charge is -2.26. The zero-order valence-corrected chi connectivity index (χ0v) is 21.6. The molecule has 0 saturated heterocycles. The number of amides is 1. The van der Waals surface area contributed by atoms with E-state index >= 15 is 0 Å². The Bertz CT molecular complexity index is 949. The molecule has 2 unspecified atom stereocenters. The van der Waals surface area contributed by atoms with Crippen LogP contribution in [-0.2, 0) is 16.0 Å². The summed E-state index contributed by atoms with van der Waals surface area (Å²) in [5.74, 6) is 0.951. The van der Waals surface area contributed by atoms with Crippen LogP contribution in [0.3, 0.4) is 0 Å². The molecule has 0 fully saturated rings. The molecule has 3 N–H and O–H groups in total. The van der Waals surface area contributed by atoms with E-state index in [1.807, 2.05) is 18.2 Å². The quantitative estimate of drug-likeness (QED) is 0.188. The normalized spacial score (nSPS) is 19.5. The predicted molar refractivity (Wildman–Crippen MR) is 145 cm³/mol. The van der Waals surface area contributed by atoms with Crippen LogP contribution in [0.25, 0.3) is 0 Å². The van der Waals surface area contributed by atoms with E-state index < -0.39 is 0 Å². The molecule has 6 nitrogen and oxygen atoms in total. The van der Waals surface area contributed by atoms with Crippen molar-refractivity contribution in [2.24, 2.45) is 4.99 Å². The molecular formula is C26H35IN4O2. The van der Waals surface area contributed by atoms with Crippen LogP contribution in [0.2, 0.25) is 0 Å². The molecule has 0 saturated carbocycles. The molecule has 1 aliphatic heterocycles. The van der Waals surface area contributed by atoms with Gasteiger partial charge in [0.25, 0.3) is 0 Å². The van der Waals surface area contributed by atoms with Gasteiger partial charge in [-0.05, 0) is 55.4 Å². The molecule has 1 heterocycles. The monoisotopic (exact) mass is 562 g/mol. The molecule has 0 bridgehead atoms. The van der Waals surface area contributed by atoms with Gasteiger partial charge in [-0.2, -0.15) is 0 Å². The molecule has 2 aromatic rings. The zero-order chi connectivity index (χ0) is 22.2. The van der Waals surface area contributed by atoms with E-state index in [0.717, 1.165) is 56.2 Å². The van der Waals surface area contributed by atoms with Crippen molar-refractivity contribution in [2.75, 3.05) is 31.6 Å². The summed E-state index contributed by atoms with van der Waals surface area (Å²) in [6.07, 6.45) is 5.06. The fourth-order valence-corrected chi connectivity index (χ4v) is 4.59. The molecule has 0 spiro atoms. The van der Waals surface area contributed by atoms with Crippen molar-refractivity contribution in [3.05, 3.63) is 65.2 Å². The highest BCUT2D eigenvalue weighted by Crippen LogP contribution is 2.33. The number of rotatable bonds is 8. The summed E-state index contributed by atoms with van der Waals surface area (Å²) in [5.41, 5.74) is 4.86. The molecule has 2 aliphatic rings. The number of fused-ring (bicyclic) bond motifs is 2. The molecule has 7 heteroatoms. The number of ether oxygens (including phenoxy) is 1. The van der Waals surface area contributed by atoms with Gasteiger partial charge in [-0.1, -0.05) is 42.5 Å². The summed E-state index contributed by atoms with van der Waals surface area (Å²) in [6.45, 7) is 4.95. The minimum atomic E-state index is 0. The topological polar surface area (TPSA) is 74.8 Å². The van der Waals surface area contributed by atoms with E-state index in [-0.39, 0.29) is 41.9 Å². The van der Waals surface area contributed by atoms with E-state index in [9.17, 15) is 4.79 Å². The number of nitrogens with one attached hydrogen (secondary N) is 3. The summed E-state index contributed by atoms with van der Waals surface area (Å²) in [7, 11) is 0. The van der Waals surface area contributed by atoms with Gasteiger partial charge in [0.05, 0.1) is 12.6 Å². The summed E-state index contributed by atoms with van der Waals surface area (Å²) in [4.78, 5) is 16.8. The van der Waals surface area contributed by atoms with Crippen LogP contribution in [0.5, 0.6) is 0 Å². The Hall–Kier alpha value is -2.13. The smallest absolute Gasteiger partial charge is 0.225 e. The number of carbonyl (C=O) groups excluding carboxylic acids is 1. The maximum atomic E-state index is 12.1. The van der Waals surface area contributed by atoms with Crippen LogP contribution in [0.1, 0.15) is 61.3 Å². The van der Waals surface area contributed by atoms with Crippen molar-refractivity contribution in [3.8, 4) is 0 Å². The van der Waals surface area contributed by atoms with Gasteiger partial charge in [0.15, 0.2) is 5.96 Å². The van der Waals surface area contributed by atoms with Gasteiger partial charge in [0.2, 0.25) is 5.91 Å². The summed E-state index contributed by atoms with van der Waals surface area (Å²) in [5, 5.41) is 9.67. The van der Waals surface area contributed by atoms with Crippen molar-refractivity contribution in [1.82, 2.24) is 10.6 Å². The van der Waals surface area contributed by atoms with Crippen LogP contribution < -0.4 is 16.0 Å². The number of aryl methyl sites for hydroxylation is 1. The average Bonchev–Trinajstić information content (AvgIpc) is 2.82. The minimum absolute atomic E-state index is 0. The van der Waals surface area contributed by atoms with Gasteiger partial charge in [0, 0.05) is 37.7 Å². The van der Waals surface area contributed by atoms with Crippen LogP contribution in [0, 0.1) is 0 Å². The number of carbonyl (C=O) groups is 1. The predicted octanol–water partition coefficient (Wildman–Crippen LogP) is 4.77. The van der Waals surface area contributed by atoms with Crippen LogP contribution in [0.4, 0.5) is 5.69 Å². The van der Waals surface area contributed by atoms with Gasteiger partial charge in [-0.25, -0.2) is 0 Å². The van der Waals surface area contributed by atoms with Crippen molar-refractivity contribution < 1.29 is 9.53 Å². The van der Waals surface area contributed by atoms with Gasteiger partial charge >= 0.3 is 0 Å². The van der Waals surface area contributed by atoms with Crippen molar-refractivity contribution >= 4 is 41.5 Å². The number of para-hydroxylation sites is 1. The Morgan fingerprint density at radius 3 is 2.76 bits per heavy atom. The third-order valence-corrected chi connectivity index (χ3v) is 6.17. The molecule has 178 valence electrons. The highest BCUT2D eigenvalue weighted by Gasteiger charge is 2.24. The first kappa shape index (κ1) is 25.5. The van der Waals surface area contributed by atoms with Gasteiger partial charge in [-0.3, -0.25) is 9.79 Å². The molecule has 0 radical (unpaired) electrons. The first-order valence-corrected chi connectivity index (χ1v) is 11.8. The number of nitrogens with zero attached hydrogens (tertiary/aromatic N) is 1. The van der Waals surface area contributed by atoms with Crippen molar-refractivity contribution in [3.63, 3.8) is 0 Å². The second kappa shape index (κ2) is 12.9. The Labute approximate surface area is 214 Å². The SMILES string of the molecule is CCNC(=NCC1CC(=O)Nc2ccccc21)NCCCOC1CCCc2ccccc21.I. The number of anilines is 1. The summed E-state index contributed by atoms with van der Waals surface area (Å²) in [6, 6.07) is 16.6. The second-order valence-electron chi connectivity index (χ2n) is 8.49.